The zero-order valence-corrected chi connectivity index (χ0v) is 13.1. The predicted molar refractivity (Wildman–Crippen MR) is 83.2 cm³/mol. The summed E-state index contributed by atoms with van der Waals surface area (Å²) in [4.78, 5) is 14.2. The molecule has 0 aliphatic carbocycles. The fourth-order valence-electron chi connectivity index (χ4n) is 2.50. The lowest BCUT2D eigenvalue weighted by Gasteiger charge is -2.34. The molecule has 0 radical (unpaired) electrons. The first kappa shape index (κ1) is 16.5. The minimum atomic E-state index is -0.260. The largest absolute Gasteiger partial charge is 0.370 e. The van der Waals surface area contributed by atoms with Gasteiger partial charge in [0.05, 0.1) is 19.2 Å². The van der Waals surface area contributed by atoms with Crippen molar-refractivity contribution in [2.24, 2.45) is 0 Å². The summed E-state index contributed by atoms with van der Waals surface area (Å²) in [5.41, 5.74) is 0.914. The molecule has 3 rings (SSSR count). The minimum absolute atomic E-state index is 0. The number of nitrogens with zero attached hydrogens (tertiary/aromatic N) is 1. The molecule has 2 aliphatic heterocycles. The van der Waals surface area contributed by atoms with E-state index >= 15 is 0 Å². The maximum atomic E-state index is 12.9. The summed E-state index contributed by atoms with van der Waals surface area (Å²) >= 11 is 1.74. The van der Waals surface area contributed by atoms with Crippen molar-refractivity contribution in [2.45, 2.75) is 12.1 Å². The van der Waals surface area contributed by atoms with E-state index in [1.807, 2.05) is 4.90 Å². The zero-order valence-electron chi connectivity index (χ0n) is 11.5. The molecule has 1 N–H and O–H groups in total. The lowest BCUT2D eigenvalue weighted by Crippen LogP contribution is -2.50. The normalized spacial score (nSPS) is 25.5. The van der Waals surface area contributed by atoms with Crippen LogP contribution in [0.2, 0.25) is 0 Å². The van der Waals surface area contributed by atoms with Gasteiger partial charge in [0, 0.05) is 18.2 Å². The second kappa shape index (κ2) is 7.45. The van der Waals surface area contributed by atoms with E-state index in [9.17, 15) is 9.18 Å². The van der Waals surface area contributed by atoms with Crippen LogP contribution >= 0.6 is 24.2 Å². The Labute approximate surface area is 133 Å². The molecule has 116 valence electrons. The summed E-state index contributed by atoms with van der Waals surface area (Å²) in [6, 6.07) is 6.21. The fourth-order valence-corrected chi connectivity index (χ4v) is 3.44. The van der Waals surface area contributed by atoms with Crippen molar-refractivity contribution in [3.8, 4) is 0 Å². The van der Waals surface area contributed by atoms with Crippen molar-refractivity contribution in [3.05, 3.63) is 35.6 Å². The number of thioether (sulfide) groups is 1. The number of carbonyl (C=O) groups is 1. The monoisotopic (exact) mass is 332 g/mol. The number of halogens is 2. The van der Waals surface area contributed by atoms with Gasteiger partial charge in [-0.05, 0) is 17.7 Å². The highest BCUT2D eigenvalue weighted by atomic mass is 35.5. The second-order valence-electron chi connectivity index (χ2n) is 4.97. The third-order valence-corrected chi connectivity index (χ3v) is 4.57. The van der Waals surface area contributed by atoms with Gasteiger partial charge in [-0.25, -0.2) is 4.39 Å². The molecular formula is C14H18ClFN2O2S. The predicted octanol–water partition coefficient (Wildman–Crippen LogP) is 1.81. The van der Waals surface area contributed by atoms with Crippen LogP contribution in [0, 0.1) is 5.82 Å². The molecule has 7 heteroatoms. The Morgan fingerprint density at radius 1 is 1.38 bits per heavy atom. The first-order chi connectivity index (χ1) is 9.74. The van der Waals surface area contributed by atoms with Crippen LogP contribution in [-0.2, 0) is 9.53 Å². The number of hydrogen-bond donors (Lipinski definition) is 1. The summed E-state index contributed by atoms with van der Waals surface area (Å²) in [5.74, 6) is 1.55. The number of ether oxygens (including phenoxy) is 1. The number of carbonyl (C=O) groups excluding carboxylic acids is 1. The molecule has 0 aromatic heterocycles. The minimum Gasteiger partial charge on any atom is -0.370 e. The Morgan fingerprint density at radius 2 is 2.14 bits per heavy atom. The topological polar surface area (TPSA) is 41.6 Å². The molecule has 2 saturated heterocycles. The Hall–Kier alpha value is -0.820. The van der Waals surface area contributed by atoms with E-state index in [1.165, 1.54) is 12.1 Å². The van der Waals surface area contributed by atoms with Crippen LogP contribution in [0.25, 0.3) is 0 Å². The molecular weight excluding hydrogens is 315 g/mol. The molecule has 1 aromatic rings. The van der Waals surface area contributed by atoms with E-state index in [1.54, 1.807) is 23.9 Å². The summed E-state index contributed by atoms with van der Waals surface area (Å²) in [5, 5.41) is 3.20. The van der Waals surface area contributed by atoms with Gasteiger partial charge in [0.2, 0.25) is 5.91 Å². The summed E-state index contributed by atoms with van der Waals surface area (Å²) in [6.07, 6.45) is -0.164. The fraction of sp³-hybridized carbons (Fsp3) is 0.500. The zero-order chi connectivity index (χ0) is 13.9. The van der Waals surface area contributed by atoms with Gasteiger partial charge in [0.25, 0.3) is 0 Å². The average molecular weight is 333 g/mol. The maximum Gasteiger partial charge on any atom is 0.240 e. The van der Waals surface area contributed by atoms with Crippen molar-refractivity contribution in [1.29, 1.82) is 0 Å². The van der Waals surface area contributed by atoms with Crippen LogP contribution in [0.3, 0.4) is 0 Å². The highest BCUT2D eigenvalue weighted by molar-refractivity contribution is 7.99. The quantitative estimate of drug-likeness (QED) is 0.897. The third-order valence-electron chi connectivity index (χ3n) is 3.63. The first-order valence-electron chi connectivity index (χ1n) is 6.71. The number of nitrogens with one attached hydrogen (secondary N) is 1. The van der Waals surface area contributed by atoms with Gasteiger partial charge in [-0.15, -0.1) is 24.2 Å². The van der Waals surface area contributed by atoms with Gasteiger partial charge < -0.3 is 9.64 Å². The molecule has 2 fully saturated rings. The SMILES string of the molecule is Cl.O=C([C@H]1CSCN1)N1CCOC(c2ccc(F)cc2)C1. The highest BCUT2D eigenvalue weighted by Gasteiger charge is 2.31. The van der Waals surface area contributed by atoms with Gasteiger partial charge >= 0.3 is 0 Å². The lowest BCUT2D eigenvalue weighted by atomic mass is 10.1. The smallest absolute Gasteiger partial charge is 0.240 e. The second-order valence-corrected chi connectivity index (χ2v) is 6.00. The van der Waals surface area contributed by atoms with Crippen molar-refractivity contribution in [3.63, 3.8) is 0 Å². The van der Waals surface area contributed by atoms with Crippen LogP contribution in [0.1, 0.15) is 11.7 Å². The summed E-state index contributed by atoms with van der Waals surface area (Å²) in [6.45, 7) is 1.68. The van der Waals surface area contributed by atoms with Crippen LogP contribution in [0.5, 0.6) is 0 Å². The van der Waals surface area contributed by atoms with E-state index in [0.29, 0.717) is 19.7 Å². The molecule has 2 aliphatic rings. The number of hydrogen-bond acceptors (Lipinski definition) is 4. The maximum absolute atomic E-state index is 12.9. The third kappa shape index (κ3) is 3.88. The van der Waals surface area contributed by atoms with Crippen molar-refractivity contribution in [1.82, 2.24) is 10.2 Å². The summed E-state index contributed by atoms with van der Waals surface area (Å²) in [7, 11) is 0. The van der Waals surface area contributed by atoms with Gasteiger partial charge in [0.1, 0.15) is 11.9 Å². The van der Waals surface area contributed by atoms with Crippen LogP contribution in [0.4, 0.5) is 4.39 Å². The number of rotatable bonds is 2. The lowest BCUT2D eigenvalue weighted by molar-refractivity contribution is -0.140. The molecule has 0 saturated carbocycles. The Balaban J connectivity index is 0.00000161. The van der Waals surface area contributed by atoms with E-state index in [2.05, 4.69) is 5.32 Å². The molecule has 1 aromatic carbocycles. The first-order valence-corrected chi connectivity index (χ1v) is 7.86. The van der Waals surface area contributed by atoms with Crippen molar-refractivity contribution in [2.75, 3.05) is 31.3 Å². The van der Waals surface area contributed by atoms with Gasteiger partial charge in [-0.1, -0.05) is 12.1 Å². The van der Waals surface area contributed by atoms with E-state index < -0.39 is 0 Å². The molecule has 1 unspecified atom stereocenters. The van der Waals surface area contributed by atoms with Crippen LogP contribution in [0.15, 0.2) is 24.3 Å². The van der Waals surface area contributed by atoms with E-state index in [4.69, 9.17) is 4.74 Å². The Bertz CT molecular complexity index is 482. The molecule has 0 spiro atoms. The van der Waals surface area contributed by atoms with Gasteiger partial charge in [-0.2, -0.15) is 0 Å². The number of amides is 1. The summed E-state index contributed by atoms with van der Waals surface area (Å²) < 4.78 is 18.7. The van der Waals surface area contributed by atoms with Gasteiger partial charge in [0.15, 0.2) is 0 Å². The molecule has 4 nitrogen and oxygen atoms in total. The Morgan fingerprint density at radius 3 is 2.81 bits per heavy atom. The highest BCUT2D eigenvalue weighted by Crippen LogP contribution is 2.23. The average Bonchev–Trinajstić information content (AvgIpc) is 3.01. The van der Waals surface area contributed by atoms with E-state index in [0.717, 1.165) is 17.2 Å². The van der Waals surface area contributed by atoms with Crippen molar-refractivity contribution >= 4 is 30.1 Å². The molecule has 1 amide bonds. The molecule has 21 heavy (non-hydrogen) atoms. The van der Waals surface area contributed by atoms with Crippen molar-refractivity contribution < 1.29 is 13.9 Å². The molecule has 2 heterocycles. The van der Waals surface area contributed by atoms with E-state index in [-0.39, 0.29) is 36.3 Å². The van der Waals surface area contributed by atoms with Crippen LogP contribution in [-0.4, -0.2) is 48.2 Å². The molecule has 2 atom stereocenters. The Kier molecular flexibility index (Phi) is 5.87. The van der Waals surface area contributed by atoms with Crippen LogP contribution < -0.4 is 5.32 Å². The standard InChI is InChI=1S/C14H17FN2O2S.ClH/c15-11-3-1-10(2-4-11)13-7-17(5-6-19-13)14(18)12-8-20-9-16-12;/h1-4,12-13,16H,5-9H2;1H/t12-,13?;/m1./s1. The number of morpholine rings is 1. The van der Waals surface area contributed by atoms with Gasteiger partial charge in [-0.3, -0.25) is 10.1 Å². The number of benzene rings is 1. The molecule has 0 bridgehead atoms.